The highest BCUT2D eigenvalue weighted by atomic mass is 79.9. The van der Waals surface area contributed by atoms with E-state index in [1.807, 2.05) is 13.0 Å². The molecular weight excluding hydrogens is 378 g/mol. The van der Waals surface area contributed by atoms with Crippen molar-refractivity contribution in [3.05, 3.63) is 37.1 Å². The minimum atomic E-state index is -0.620. The quantitative estimate of drug-likeness (QED) is 0.638. The van der Waals surface area contributed by atoms with Gasteiger partial charge >= 0.3 is 5.63 Å². The molecule has 0 unspecified atom stereocenters. The van der Waals surface area contributed by atoms with Gasteiger partial charge in [-0.05, 0) is 57.8 Å². The fourth-order valence-corrected chi connectivity index (χ4v) is 3.29. The normalized spacial score (nSPS) is 10.7. The van der Waals surface area contributed by atoms with Crippen molar-refractivity contribution in [3.8, 4) is 0 Å². The van der Waals surface area contributed by atoms with Crippen LogP contribution >= 0.6 is 31.9 Å². The summed E-state index contributed by atoms with van der Waals surface area (Å²) < 4.78 is 6.73. The van der Waals surface area contributed by atoms with Gasteiger partial charge in [0, 0.05) is 16.4 Å². The smallest absolute Gasteiger partial charge is 0.347 e. The van der Waals surface area contributed by atoms with E-state index in [1.165, 1.54) is 6.92 Å². The van der Waals surface area contributed by atoms with Crippen molar-refractivity contribution in [1.29, 1.82) is 0 Å². The van der Waals surface area contributed by atoms with Gasteiger partial charge in [0.05, 0.1) is 10.2 Å². The van der Waals surface area contributed by atoms with Crippen molar-refractivity contribution in [1.82, 2.24) is 0 Å². The number of anilines is 1. The van der Waals surface area contributed by atoms with Crippen LogP contribution in [-0.2, 0) is 0 Å². The summed E-state index contributed by atoms with van der Waals surface area (Å²) in [5, 5.41) is 3.86. The number of hydrogen-bond acceptors (Lipinski definition) is 4. The maximum Gasteiger partial charge on any atom is 0.347 e. The van der Waals surface area contributed by atoms with Crippen molar-refractivity contribution >= 4 is 54.3 Å². The van der Waals surface area contributed by atoms with Crippen LogP contribution in [-0.4, -0.2) is 12.3 Å². The molecule has 100 valence electrons. The third kappa shape index (κ3) is 2.60. The summed E-state index contributed by atoms with van der Waals surface area (Å²) in [6.07, 6.45) is 0. The molecule has 0 aliphatic carbocycles. The van der Waals surface area contributed by atoms with E-state index in [-0.39, 0.29) is 11.3 Å². The molecule has 0 aliphatic heterocycles. The molecule has 1 N–H and O–H groups in total. The molecule has 2 rings (SSSR count). The van der Waals surface area contributed by atoms with E-state index in [9.17, 15) is 9.59 Å². The summed E-state index contributed by atoms with van der Waals surface area (Å²) in [7, 11) is 0. The van der Waals surface area contributed by atoms with Crippen LogP contribution in [0.3, 0.4) is 0 Å². The van der Waals surface area contributed by atoms with Crippen molar-refractivity contribution in [2.45, 2.75) is 13.8 Å². The van der Waals surface area contributed by atoms with Gasteiger partial charge in [0.1, 0.15) is 5.56 Å². The number of fused-ring (bicyclic) bond motifs is 1. The molecule has 0 amide bonds. The number of benzene rings is 1. The number of carbonyl (C=O) groups excluding carboxylic acids is 1. The third-order valence-electron chi connectivity index (χ3n) is 2.65. The Hall–Kier alpha value is -1.14. The molecule has 1 aromatic carbocycles. The summed E-state index contributed by atoms with van der Waals surface area (Å²) in [4.78, 5) is 23.1. The standard InChI is InChI=1S/C13H11Br2NO3/c1-3-16-11-9(14)5-7-4-8(6(2)17)13(18)19-12(7)10(11)15/h4-5,16H,3H2,1-2H3. The SMILES string of the molecule is CCNc1c(Br)cc2cc(C(C)=O)c(=O)oc2c1Br. The van der Waals surface area contributed by atoms with Crippen LogP contribution < -0.4 is 10.9 Å². The van der Waals surface area contributed by atoms with E-state index in [0.29, 0.717) is 15.4 Å². The van der Waals surface area contributed by atoms with Gasteiger partial charge in [-0.25, -0.2) is 4.79 Å². The van der Waals surface area contributed by atoms with Gasteiger partial charge in [0.2, 0.25) is 0 Å². The first-order valence-corrected chi connectivity index (χ1v) is 7.25. The predicted octanol–water partition coefficient (Wildman–Crippen LogP) is 3.95. The number of nitrogens with one attached hydrogen (secondary N) is 1. The van der Waals surface area contributed by atoms with Crippen LogP contribution in [0.1, 0.15) is 24.2 Å². The summed E-state index contributed by atoms with van der Waals surface area (Å²) in [5.74, 6) is -0.307. The molecule has 0 spiro atoms. The number of hydrogen-bond donors (Lipinski definition) is 1. The number of carbonyl (C=O) groups is 1. The molecule has 1 aromatic heterocycles. The average Bonchev–Trinajstić information content (AvgIpc) is 2.35. The summed E-state index contributed by atoms with van der Waals surface area (Å²) >= 11 is 6.87. The zero-order valence-electron chi connectivity index (χ0n) is 10.3. The molecule has 4 nitrogen and oxygen atoms in total. The lowest BCUT2D eigenvalue weighted by Gasteiger charge is -2.11. The van der Waals surface area contributed by atoms with Crippen LogP contribution in [0.5, 0.6) is 0 Å². The third-order valence-corrected chi connectivity index (χ3v) is 4.03. The zero-order chi connectivity index (χ0) is 14.2. The lowest BCUT2D eigenvalue weighted by molar-refractivity contribution is 0.101. The van der Waals surface area contributed by atoms with Crippen LogP contribution in [0.2, 0.25) is 0 Å². The topological polar surface area (TPSA) is 59.3 Å². The van der Waals surface area contributed by atoms with E-state index in [0.717, 1.165) is 16.7 Å². The largest absolute Gasteiger partial charge is 0.421 e. The maximum absolute atomic E-state index is 11.7. The van der Waals surface area contributed by atoms with E-state index in [4.69, 9.17) is 4.42 Å². The minimum Gasteiger partial charge on any atom is -0.421 e. The highest BCUT2D eigenvalue weighted by molar-refractivity contribution is 9.11. The Morgan fingerprint density at radius 2 is 2.05 bits per heavy atom. The minimum absolute atomic E-state index is 0.0579. The maximum atomic E-state index is 11.7. The van der Waals surface area contributed by atoms with E-state index in [1.54, 1.807) is 6.07 Å². The molecule has 0 saturated heterocycles. The van der Waals surface area contributed by atoms with Gasteiger partial charge in [0.15, 0.2) is 11.4 Å². The summed E-state index contributed by atoms with van der Waals surface area (Å²) in [5.41, 5.74) is 0.677. The average molecular weight is 389 g/mol. The molecule has 0 fully saturated rings. The Bertz CT molecular complexity index is 722. The lowest BCUT2D eigenvalue weighted by atomic mass is 10.1. The van der Waals surface area contributed by atoms with Gasteiger partial charge in [0.25, 0.3) is 0 Å². The number of rotatable bonds is 3. The first-order chi connectivity index (χ1) is 8.95. The van der Waals surface area contributed by atoms with Gasteiger partial charge < -0.3 is 9.73 Å². The van der Waals surface area contributed by atoms with Crippen molar-refractivity contribution < 1.29 is 9.21 Å². The molecule has 0 radical (unpaired) electrons. The molecule has 2 aromatic rings. The van der Waals surface area contributed by atoms with Crippen LogP contribution in [0.4, 0.5) is 5.69 Å². The van der Waals surface area contributed by atoms with Crippen molar-refractivity contribution in [2.24, 2.45) is 0 Å². The first kappa shape index (κ1) is 14.3. The van der Waals surface area contributed by atoms with Crippen LogP contribution in [0.25, 0.3) is 11.0 Å². The fraction of sp³-hybridized carbons (Fsp3) is 0.231. The zero-order valence-corrected chi connectivity index (χ0v) is 13.5. The van der Waals surface area contributed by atoms with Gasteiger partial charge in [-0.1, -0.05) is 0 Å². The number of Topliss-reactive ketones (excluding diaryl/α,β-unsaturated/α-hetero) is 1. The Balaban J connectivity index is 2.81. The molecule has 0 atom stereocenters. The van der Waals surface area contributed by atoms with E-state index < -0.39 is 5.63 Å². The van der Waals surface area contributed by atoms with Gasteiger partial charge in [-0.3, -0.25) is 4.79 Å². The molecule has 0 aliphatic rings. The predicted molar refractivity (Wildman–Crippen MR) is 82.1 cm³/mol. The highest BCUT2D eigenvalue weighted by Crippen LogP contribution is 2.37. The Kier molecular flexibility index (Phi) is 4.10. The molecule has 6 heteroatoms. The second kappa shape index (κ2) is 5.46. The molecule has 0 saturated carbocycles. The van der Waals surface area contributed by atoms with Crippen LogP contribution in [0, 0.1) is 0 Å². The highest BCUT2D eigenvalue weighted by Gasteiger charge is 2.15. The molecule has 19 heavy (non-hydrogen) atoms. The summed E-state index contributed by atoms with van der Waals surface area (Å²) in [6, 6.07) is 3.36. The Labute approximate surface area is 126 Å². The second-order valence-corrected chi connectivity index (χ2v) is 5.65. The van der Waals surface area contributed by atoms with Crippen molar-refractivity contribution in [2.75, 3.05) is 11.9 Å². The van der Waals surface area contributed by atoms with E-state index >= 15 is 0 Å². The number of ketones is 1. The molecule has 0 bridgehead atoms. The number of halogens is 2. The lowest BCUT2D eigenvalue weighted by Crippen LogP contribution is -2.11. The fourth-order valence-electron chi connectivity index (χ4n) is 1.78. The second-order valence-electron chi connectivity index (χ2n) is 4.00. The summed E-state index contributed by atoms with van der Waals surface area (Å²) in [6.45, 7) is 4.05. The molecule has 1 heterocycles. The Morgan fingerprint density at radius 1 is 1.37 bits per heavy atom. The monoisotopic (exact) mass is 387 g/mol. The van der Waals surface area contributed by atoms with Crippen molar-refractivity contribution in [3.63, 3.8) is 0 Å². The van der Waals surface area contributed by atoms with Gasteiger partial charge in [-0.2, -0.15) is 0 Å². The van der Waals surface area contributed by atoms with Gasteiger partial charge in [-0.15, -0.1) is 0 Å². The Morgan fingerprint density at radius 3 is 2.63 bits per heavy atom. The molecular formula is C13H11Br2NO3. The van der Waals surface area contributed by atoms with Crippen LogP contribution in [0.15, 0.2) is 30.3 Å². The van der Waals surface area contributed by atoms with E-state index in [2.05, 4.69) is 37.2 Å². The first-order valence-electron chi connectivity index (χ1n) is 5.66.